The number of hydrogen-bond donors (Lipinski definition) is 0. The van der Waals surface area contributed by atoms with Crippen LogP contribution in [-0.2, 0) is 0 Å². The monoisotopic (exact) mass is 490 g/mol. The number of halogens is 3. The van der Waals surface area contributed by atoms with Gasteiger partial charge in [0.25, 0.3) is 0 Å². The average molecular weight is 490 g/mol. The average Bonchev–Trinajstić information content (AvgIpc) is 2.58. The van der Waals surface area contributed by atoms with Crippen LogP contribution in [-0.4, -0.2) is 20.5 Å². The van der Waals surface area contributed by atoms with Crippen LogP contribution < -0.4 is 9.47 Å². The van der Waals surface area contributed by atoms with Gasteiger partial charge < -0.3 is 9.47 Å². The van der Waals surface area contributed by atoms with Crippen molar-refractivity contribution in [1.82, 2.24) is 0 Å². The number of hydrogen-bond acceptors (Lipinski definition) is 2. The molecule has 0 aliphatic carbocycles. The van der Waals surface area contributed by atoms with Gasteiger partial charge in [0.2, 0.25) is 0 Å². The standard InChI is InChI=1S/C20H25F2IO2Si/c1-5-26(6-2,12-24-19-8-7-16(21)11-18(19)23)13-25-20-14(3)9-17(22)10-15(20)4/h7-11H,5-6,12-13H2,1-4H3. The molecule has 2 aromatic rings. The van der Waals surface area contributed by atoms with Crippen LogP contribution in [0.4, 0.5) is 8.78 Å². The molecule has 0 saturated heterocycles. The molecule has 0 aliphatic rings. The molecule has 2 nitrogen and oxygen atoms in total. The molecule has 0 N–H and O–H groups in total. The highest BCUT2D eigenvalue weighted by Crippen LogP contribution is 2.28. The zero-order valence-corrected chi connectivity index (χ0v) is 18.8. The number of aryl methyl sites for hydroxylation is 2. The number of rotatable bonds is 8. The minimum atomic E-state index is -1.84. The second kappa shape index (κ2) is 9.17. The van der Waals surface area contributed by atoms with Gasteiger partial charge in [-0.05, 0) is 77.9 Å². The van der Waals surface area contributed by atoms with Gasteiger partial charge in [0.1, 0.15) is 31.2 Å². The van der Waals surface area contributed by atoms with Crippen molar-refractivity contribution >= 4 is 30.7 Å². The summed E-state index contributed by atoms with van der Waals surface area (Å²) in [7, 11) is -1.84. The third-order valence-corrected chi connectivity index (χ3v) is 10.2. The second-order valence-corrected chi connectivity index (χ2v) is 12.9. The van der Waals surface area contributed by atoms with E-state index in [0.717, 1.165) is 32.5 Å². The summed E-state index contributed by atoms with van der Waals surface area (Å²) in [6.45, 7) is 8.07. The fourth-order valence-electron chi connectivity index (χ4n) is 2.87. The molecule has 0 aromatic heterocycles. The van der Waals surface area contributed by atoms with Gasteiger partial charge in [0.05, 0.1) is 16.0 Å². The molecule has 0 atom stereocenters. The lowest BCUT2D eigenvalue weighted by molar-refractivity contribution is 0.336. The molecular weight excluding hydrogens is 465 g/mol. The summed E-state index contributed by atoms with van der Waals surface area (Å²) in [5.41, 5.74) is 1.62. The van der Waals surface area contributed by atoms with Crippen molar-refractivity contribution in [3.05, 3.63) is 56.7 Å². The summed E-state index contributed by atoms with van der Waals surface area (Å²) in [5, 5.41) is 0. The quantitative estimate of drug-likeness (QED) is 0.324. The number of benzene rings is 2. The highest BCUT2D eigenvalue weighted by atomic mass is 127. The molecule has 0 radical (unpaired) electrons. The maximum absolute atomic E-state index is 13.5. The van der Waals surface area contributed by atoms with E-state index in [2.05, 4.69) is 36.4 Å². The lowest BCUT2D eigenvalue weighted by Crippen LogP contribution is -2.47. The van der Waals surface area contributed by atoms with Crippen LogP contribution in [0.25, 0.3) is 0 Å². The van der Waals surface area contributed by atoms with E-state index in [1.807, 2.05) is 13.8 Å². The highest BCUT2D eigenvalue weighted by Gasteiger charge is 2.32. The lowest BCUT2D eigenvalue weighted by atomic mass is 10.1. The fourth-order valence-corrected chi connectivity index (χ4v) is 5.82. The minimum Gasteiger partial charge on any atom is -0.496 e. The Labute approximate surface area is 169 Å². The molecule has 0 amide bonds. The van der Waals surface area contributed by atoms with Crippen molar-refractivity contribution in [2.75, 3.05) is 12.5 Å². The highest BCUT2D eigenvalue weighted by molar-refractivity contribution is 14.1. The molecule has 142 valence electrons. The van der Waals surface area contributed by atoms with E-state index in [0.29, 0.717) is 18.2 Å². The maximum Gasteiger partial charge on any atom is 0.141 e. The largest absolute Gasteiger partial charge is 0.496 e. The molecule has 0 bridgehead atoms. The normalized spacial score (nSPS) is 11.5. The van der Waals surface area contributed by atoms with Gasteiger partial charge in [-0.3, -0.25) is 0 Å². The Kier molecular flexibility index (Phi) is 7.46. The summed E-state index contributed by atoms with van der Waals surface area (Å²) >= 11 is 2.09. The summed E-state index contributed by atoms with van der Waals surface area (Å²) < 4.78 is 39.7. The van der Waals surface area contributed by atoms with Crippen LogP contribution in [0.5, 0.6) is 11.5 Å². The molecule has 0 saturated carbocycles. The Balaban J connectivity index is 2.11. The molecule has 0 heterocycles. The molecule has 6 heteroatoms. The van der Waals surface area contributed by atoms with Gasteiger partial charge in [-0.15, -0.1) is 0 Å². The van der Waals surface area contributed by atoms with E-state index in [1.54, 1.807) is 6.07 Å². The van der Waals surface area contributed by atoms with E-state index in [4.69, 9.17) is 9.47 Å². The molecular formula is C20H25F2IO2Si. The first-order valence-corrected chi connectivity index (χ1v) is 12.7. The molecule has 2 rings (SSSR count). The van der Waals surface area contributed by atoms with Gasteiger partial charge in [-0.25, -0.2) is 8.78 Å². The van der Waals surface area contributed by atoms with Crippen LogP contribution in [0.2, 0.25) is 12.1 Å². The molecule has 0 unspecified atom stereocenters. The van der Waals surface area contributed by atoms with Crippen LogP contribution in [0, 0.1) is 29.1 Å². The predicted molar refractivity (Wildman–Crippen MR) is 113 cm³/mol. The molecule has 2 aromatic carbocycles. The fraction of sp³-hybridized carbons (Fsp3) is 0.400. The van der Waals surface area contributed by atoms with Gasteiger partial charge >= 0.3 is 0 Å². The van der Waals surface area contributed by atoms with Crippen molar-refractivity contribution in [3.8, 4) is 11.5 Å². The Morgan fingerprint density at radius 3 is 2.00 bits per heavy atom. The molecule has 0 spiro atoms. The summed E-state index contributed by atoms with van der Waals surface area (Å²) in [6.07, 6.45) is 1.23. The van der Waals surface area contributed by atoms with Crippen LogP contribution in [0.15, 0.2) is 30.3 Å². The van der Waals surface area contributed by atoms with E-state index < -0.39 is 8.07 Å². The van der Waals surface area contributed by atoms with Crippen LogP contribution >= 0.6 is 22.6 Å². The van der Waals surface area contributed by atoms with Crippen molar-refractivity contribution < 1.29 is 18.3 Å². The summed E-state index contributed by atoms with van der Waals surface area (Å²) in [6, 6.07) is 9.60. The third kappa shape index (κ3) is 5.19. The van der Waals surface area contributed by atoms with Gasteiger partial charge in [-0.2, -0.15) is 0 Å². The van der Waals surface area contributed by atoms with E-state index >= 15 is 0 Å². The smallest absolute Gasteiger partial charge is 0.141 e. The van der Waals surface area contributed by atoms with Crippen molar-refractivity contribution in [2.45, 2.75) is 39.8 Å². The first-order valence-electron chi connectivity index (χ1n) is 8.77. The van der Waals surface area contributed by atoms with Crippen molar-refractivity contribution in [1.29, 1.82) is 0 Å². The minimum absolute atomic E-state index is 0.240. The molecule has 0 aliphatic heterocycles. The first kappa shape index (κ1) is 21.2. The first-order chi connectivity index (χ1) is 12.3. The Bertz CT molecular complexity index is 740. The van der Waals surface area contributed by atoms with E-state index in [9.17, 15) is 8.78 Å². The van der Waals surface area contributed by atoms with Crippen molar-refractivity contribution in [3.63, 3.8) is 0 Å². The van der Waals surface area contributed by atoms with E-state index in [1.165, 1.54) is 24.3 Å². The molecule has 0 fully saturated rings. The third-order valence-electron chi connectivity index (χ3n) is 4.88. The summed E-state index contributed by atoms with van der Waals surface area (Å²) in [4.78, 5) is 0. The topological polar surface area (TPSA) is 18.5 Å². The second-order valence-electron chi connectivity index (χ2n) is 6.73. The summed E-state index contributed by atoms with van der Waals surface area (Å²) in [5.74, 6) is 0.972. The van der Waals surface area contributed by atoms with Gasteiger partial charge in [-0.1, -0.05) is 25.9 Å². The Hall–Kier alpha value is -1.15. The van der Waals surface area contributed by atoms with Crippen LogP contribution in [0.1, 0.15) is 25.0 Å². The zero-order chi connectivity index (χ0) is 19.3. The zero-order valence-electron chi connectivity index (χ0n) is 15.7. The van der Waals surface area contributed by atoms with Crippen LogP contribution in [0.3, 0.4) is 0 Å². The van der Waals surface area contributed by atoms with E-state index in [-0.39, 0.29) is 11.6 Å². The van der Waals surface area contributed by atoms with Gasteiger partial charge in [0.15, 0.2) is 0 Å². The Morgan fingerprint density at radius 1 is 0.885 bits per heavy atom. The van der Waals surface area contributed by atoms with Crippen molar-refractivity contribution in [2.24, 2.45) is 0 Å². The number of ether oxygens (including phenoxy) is 2. The predicted octanol–water partition coefficient (Wildman–Crippen LogP) is 6.21. The van der Waals surface area contributed by atoms with Gasteiger partial charge in [0, 0.05) is 0 Å². The molecule has 26 heavy (non-hydrogen) atoms. The Morgan fingerprint density at radius 2 is 1.46 bits per heavy atom. The lowest BCUT2D eigenvalue weighted by Gasteiger charge is -2.30. The maximum atomic E-state index is 13.5. The SMILES string of the molecule is CC[Si](CC)(COc1ccc(F)cc1I)COc1c(C)cc(F)cc1C.